The van der Waals surface area contributed by atoms with Crippen LogP contribution < -0.4 is 20.6 Å². The summed E-state index contributed by atoms with van der Waals surface area (Å²) in [6.07, 6.45) is 0. The molecule has 2 heterocycles. The highest BCUT2D eigenvalue weighted by molar-refractivity contribution is 8.00. The number of nitrogens with zero attached hydrogens (tertiary/aromatic N) is 3. The van der Waals surface area contributed by atoms with E-state index in [9.17, 15) is 9.18 Å². The van der Waals surface area contributed by atoms with Crippen LogP contribution in [0.1, 0.15) is 12.5 Å². The Morgan fingerprint density at radius 1 is 1.24 bits per heavy atom. The minimum Gasteiger partial charge on any atom is -0.454 e. The molecule has 0 bridgehead atoms. The fourth-order valence-electron chi connectivity index (χ4n) is 2.75. The van der Waals surface area contributed by atoms with Gasteiger partial charge in [0.2, 0.25) is 17.9 Å². The van der Waals surface area contributed by atoms with Gasteiger partial charge in [0.05, 0.1) is 5.25 Å². The van der Waals surface area contributed by atoms with Crippen molar-refractivity contribution in [2.24, 2.45) is 0 Å². The number of carbonyl (C=O) groups excluding carboxylic acids is 1. The normalized spacial score (nSPS) is 13.3. The summed E-state index contributed by atoms with van der Waals surface area (Å²) in [5.41, 5.74) is 1.54. The Balaban J connectivity index is 1.37. The second-order valence-corrected chi connectivity index (χ2v) is 7.66. The van der Waals surface area contributed by atoms with Crippen molar-refractivity contribution in [1.29, 1.82) is 0 Å². The average Bonchev–Trinajstić information content (AvgIpc) is 3.33. The van der Waals surface area contributed by atoms with Gasteiger partial charge < -0.3 is 20.6 Å². The largest absolute Gasteiger partial charge is 0.454 e. The standard InChI is InChI=1S/C19H18FN5O3S/c1-11(18(26)22-9-12-2-7-15-16(8-12)28-10-27-15)29-19-24-23-17(25(19)21)13-3-5-14(20)6-4-13/h2-8,11H,9-10,21H2,1H3,(H,22,26)/t11-/m1/s1. The highest BCUT2D eigenvalue weighted by Gasteiger charge is 2.20. The van der Waals surface area contributed by atoms with Crippen molar-refractivity contribution in [3.05, 3.63) is 53.8 Å². The predicted molar refractivity (Wildman–Crippen MR) is 105 cm³/mol. The number of hydrogen-bond acceptors (Lipinski definition) is 7. The van der Waals surface area contributed by atoms with E-state index in [1.54, 1.807) is 19.1 Å². The SMILES string of the molecule is C[C@@H](Sc1nnc(-c2ccc(F)cc2)n1N)C(=O)NCc1ccc2c(c1)OCO2. The minimum absolute atomic E-state index is 0.168. The van der Waals surface area contributed by atoms with E-state index in [4.69, 9.17) is 15.3 Å². The van der Waals surface area contributed by atoms with Crippen molar-refractivity contribution in [2.75, 3.05) is 12.6 Å². The maximum atomic E-state index is 13.1. The van der Waals surface area contributed by atoms with Crippen molar-refractivity contribution in [2.45, 2.75) is 23.9 Å². The first-order valence-corrected chi connectivity index (χ1v) is 9.68. The number of fused-ring (bicyclic) bond motifs is 1. The minimum atomic E-state index is -0.448. The van der Waals surface area contributed by atoms with Gasteiger partial charge in [0.25, 0.3) is 0 Å². The number of hydrogen-bond donors (Lipinski definition) is 2. The lowest BCUT2D eigenvalue weighted by Gasteiger charge is -2.12. The Morgan fingerprint density at radius 2 is 2.00 bits per heavy atom. The molecule has 0 aliphatic carbocycles. The molecule has 4 rings (SSSR count). The second kappa shape index (κ2) is 8.00. The molecule has 2 aromatic carbocycles. The number of thioether (sulfide) groups is 1. The monoisotopic (exact) mass is 415 g/mol. The molecule has 0 saturated heterocycles. The van der Waals surface area contributed by atoms with E-state index in [0.29, 0.717) is 34.6 Å². The third-order valence-corrected chi connectivity index (χ3v) is 5.38. The van der Waals surface area contributed by atoms with Crippen LogP contribution >= 0.6 is 11.8 Å². The van der Waals surface area contributed by atoms with Gasteiger partial charge in [0.1, 0.15) is 5.82 Å². The van der Waals surface area contributed by atoms with E-state index in [2.05, 4.69) is 15.5 Å². The molecule has 3 N–H and O–H groups in total. The third-order valence-electron chi connectivity index (χ3n) is 4.32. The Hall–Kier alpha value is -3.27. The van der Waals surface area contributed by atoms with Crippen LogP contribution in [0.3, 0.4) is 0 Å². The molecule has 1 amide bonds. The van der Waals surface area contributed by atoms with Gasteiger partial charge in [-0.3, -0.25) is 4.79 Å². The molecule has 1 aliphatic heterocycles. The van der Waals surface area contributed by atoms with Crippen LogP contribution in [0.4, 0.5) is 4.39 Å². The molecule has 3 aromatic rings. The van der Waals surface area contributed by atoms with Gasteiger partial charge in [-0.05, 0) is 48.9 Å². The van der Waals surface area contributed by atoms with Gasteiger partial charge in [0.15, 0.2) is 17.3 Å². The molecule has 0 radical (unpaired) electrons. The van der Waals surface area contributed by atoms with Crippen LogP contribution in [0, 0.1) is 5.82 Å². The molecule has 0 spiro atoms. The number of nitrogens with one attached hydrogen (secondary N) is 1. The van der Waals surface area contributed by atoms with Crippen LogP contribution in [0.15, 0.2) is 47.6 Å². The lowest BCUT2D eigenvalue weighted by atomic mass is 10.2. The summed E-state index contributed by atoms with van der Waals surface area (Å²) in [5, 5.41) is 10.9. The number of rotatable bonds is 6. The van der Waals surface area contributed by atoms with E-state index in [1.807, 2.05) is 18.2 Å². The number of ether oxygens (including phenoxy) is 2. The smallest absolute Gasteiger partial charge is 0.233 e. The molecule has 0 saturated carbocycles. The number of benzene rings is 2. The van der Waals surface area contributed by atoms with Gasteiger partial charge in [-0.25, -0.2) is 9.07 Å². The first-order valence-electron chi connectivity index (χ1n) is 8.80. The molecule has 10 heteroatoms. The molecule has 150 valence electrons. The summed E-state index contributed by atoms with van der Waals surface area (Å²) >= 11 is 1.19. The van der Waals surface area contributed by atoms with E-state index >= 15 is 0 Å². The first-order chi connectivity index (χ1) is 14.0. The maximum absolute atomic E-state index is 13.1. The zero-order valence-electron chi connectivity index (χ0n) is 15.5. The fraction of sp³-hybridized carbons (Fsp3) is 0.211. The topological polar surface area (TPSA) is 104 Å². The van der Waals surface area contributed by atoms with Crippen molar-refractivity contribution in [1.82, 2.24) is 20.2 Å². The van der Waals surface area contributed by atoms with Gasteiger partial charge in [-0.15, -0.1) is 10.2 Å². The third kappa shape index (κ3) is 4.11. The number of carbonyl (C=O) groups is 1. The summed E-state index contributed by atoms with van der Waals surface area (Å²) < 4.78 is 25.0. The molecule has 8 nitrogen and oxygen atoms in total. The molecule has 1 atom stereocenters. The van der Waals surface area contributed by atoms with Crippen LogP contribution in [-0.4, -0.2) is 32.8 Å². The van der Waals surface area contributed by atoms with Gasteiger partial charge in [-0.2, -0.15) is 0 Å². The number of amides is 1. The summed E-state index contributed by atoms with van der Waals surface area (Å²) in [7, 11) is 0. The summed E-state index contributed by atoms with van der Waals surface area (Å²) in [6, 6.07) is 11.3. The van der Waals surface area contributed by atoms with Gasteiger partial charge in [0, 0.05) is 12.1 Å². The average molecular weight is 415 g/mol. The van der Waals surface area contributed by atoms with E-state index in [1.165, 1.54) is 28.6 Å². The van der Waals surface area contributed by atoms with Crippen LogP contribution in [0.2, 0.25) is 0 Å². The number of nitrogen functional groups attached to an aromatic ring is 1. The van der Waals surface area contributed by atoms with Gasteiger partial charge in [-0.1, -0.05) is 17.8 Å². The fourth-order valence-corrected chi connectivity index (χ4v) is 3.54. The highest BCUT2D eigenvalue weighted by atomic mass is 32.2. The van der Waals surface area contributed by atoms with Crippen molar-refractivity contribution in [3.8, 4) is 22.9 Å². The Morgan fingerprint density at radius 3 is 2.79 bits per heavy atom. The number of nitrogens with two attached hydrogens (primary N) is 1. The number of aromatic nitrogens is 3. The molecule has 1 aliphatic rings. The van der Waals surface area contributed by atoms with Crippen molar-refractivity contribution < 1.29 is 18.7 Å². The van der Waals surface area contributed by atoms with Crippen molar-refractivity contribution in [3.63, 3.8) is 0 Å². The Labute approximate surface area is 170 Å². The van der Waals surface area contributed by atoms with Gasteiger partial charge >= 0.3 is 0 Å². The summed E-state index contributed by atoms with van der Waals surface area (Å²) in [5.74, 6) is 7.30. The van der Waals surface area contributed by atoms with Crippen LogP contribution in [0.5, 0.6) is 11.5 Å². The first kappa shape index (κ1) is 19.1. The zero-order valence-corrected chi connectivity index (χ0v) is 16.3. The van der Waals surface area contributed by atoms with E-state index in [0.717, 1.165) is 5.56 Å². The summed E-state index contributed by atoms with van der Waals surface area (Å²) in [4.78, 5) is 12.5. The summed E-state index contributed by atoms with van der Waals surface area (Å²) in [6.45, 7) is 2.32. The van der Waals surface area contributed by atoms with Crippen molar-refractivity contribution >= 4 is 17.7 Å². The quantitative estimate of drug-likeness (QED) is 0.470. The predicted octanol–water partition coefficient (Wildman–Crippen LogP) is 2.32. The lowest BCUT2D eigenvalue weighted by molar-refractivity contribution is -0.120. The maximum Gasteiger partial charge on any atom is 0.233 e. The van der Waals surface area contributed by atoms with Crippen LogP contribution in [-0.2, 0) is 11.3 Å². The zero-order chi connectivity index (χ0) is 20.4. The molecular weight excluding hydrogens is 397 g/mol. The van der Waals surface area contributed by atoms with E-state index in [-0.39, 0.29) is 18.5 Å². The lowest BCUT2D eigenvalue weighted by Crippen LogP contribution is -2.30. The molecule has 0 unspecified atom stereocenters. The number of halogens is 1. The van der Waals surface area contributed by atoms with E-state index < -0.39 is 5.25 Å². The highest BCUT2D eigenvalue weighted by Crippen LogP contribution is 2.32. The Bertz CT molecular complexity index is 1040. The molecule has 0 fully saturated rings. The molecule has 1 aromatic heterocycles. The molecular formula is C19H18FN5O3S. The Kier molecular flexibility index (Phi) is 5.26. The van der Waals surface area contributed by atoms with Crippen LogP contribution in [0.25, 0.3) is 11.4 Å². The second-order valence-electron chi connectivity index (χ2n) is 6.35. The molecule has 29 heavy (non-hydrogen) atoms.